The number of ether oxygens (including phenoxy) is 1. The Morgan fingerprint density at radius 3 is 2.42 bits per heavy atom. The van der Waals surface area contributed by atoms with Crippen LogP contribution in [0.4, 0.5) is 0 Å². The van der Waals surface area contributed by atoms with E-state index in [9.17, 15) is 9.59 Å². The smallest absolute Gasteiger partial charge is 0.335 e. The number of carboxylic acid groups (broad SMARTS) is 1. The quantitative estimate of drug-likeness (QED) is 0.318. The number of hydrogen-bond donors (Lipinski definition) is 4. The summed E-state index contributed by atoms with van der Waals surface area (Å²) >= 11 is 0. The zero-order chi connectivity index (χ0) is 22.9. The van der Waals surface area contributed by atoms with E-state index in [1.807, 2.05) is 0 Å². The second-order valence-corrected chi connectivity index (χ2v) is 7.63. The number of nitrogens with zero attached hydrogens (tertiary/aromatic N) is 1. The molecule has 0 aliphatic heterocycles. The van der Waals surface area contributed by atoms with E-state index < -0.39 is 5.97 Å². The van der Waals surface area contributed by atoms with E-state index in [-0.39, 0.29) is 11.3 Å². The van der Waals surface area contributed by atoms with E-state index in [2.05, 4.69) is 17.2 Å². The fourth-order valence-corrected chi connectivity index (χ4v) is 3.32. The van der Waals surface area contributed by atoms with Crippen LogP contribution in [0.1, 0.15) is 68.6 Å². The molecule has 5 N–H and O–H groups in total. The van der Waals surface area contributed by atoms with Gasteiger partial charge in [-0.25, -0.2) is 9.59 Å². The molecule has 0 fully saturated rings. The topological polar surface area (TPSA) is 122 Å². The maximum atomic E-state index is 11.5. The zero-order valence-corrected chi connectivity index (χ0v) is 19.1. The number of nitrogens with one attached hydrogen (secondary N) is 2. The number of aromatic carboxylic acids is 1. The van der Waals surface area contributed by atoms with Crippen molar-refractivity contribution in [2.45, 2.75) is 64.8 Å². The number of carboxylic acids is 1. The van der Waals surface area contributed by atoms with Gasteiger partial charge in [0.2, 0.25) is 0 Å². The van der Waals surface area contributed by atoms with E-state index in [1.54, 1.807) is 13.2 Å². The number of H-pyrrole nitrogens is 1. The lowest BCUT2D eigenvalue weighted by Crippen LogP contribution is -2.21. The number of nitrogens with two attached hydrogens (primary N) is 1. The molecule has 0 bridgehead atoms. The van der Waals surface area contributed by atoms with Crippen LogP contribution in [0.3, 0.4) is 0 Å². The molecule has 1 heterocycles. The van der Waals surface area contributed by atoms with E-state index >= 15 is 0 Å². The van der Waals surface area contributed by atoms with Crippen LogP contribution in [0, 0.1) is 0 Å². The molecule has 0 saturated carbocycles. The molecule has 0 saturated heterocycles. The van der Waals surface area contributed by atoms with Gasteiger partial charge in [-0.1, -0.05) is 51.9 Å². The number of benzene rings is 1. The van der Waals surface area contributed by atoms with Gasteiger partial charge in [0, 0.05) is 26.7 Å². The van der Waals surface area contributed by atoms with Crippen molar-refractivity contribution in [1.82, 2.24) is 14.9 Å². The van der Waals surface area contributed by atoms with Gasteiger partial charge in [0.05, 0.1) is 23.2 Å². The van der Waals surface area contributed by atoms with Crippen molar-refractivity contribution in [3.63, 3.8) is 0 Å². The molecule has 1 aromatic carbocycles. The first kappa shape index (κ1) is 26.9. The highest BCUT2D eigenvalue weighted by Crippen LogP contribution is 2.12. The summed E-state index contributed by atoms with van der Waals surface area (Å²) in [7, 11) is 1.75. The van der Waals surface area contributed by atoms with Gasteiger partial charge in [0.25, 0.3) is 0 Å². The van der Waals surface area contributed by atoms with Crippen molar-refractivity contribution in [2.75, 3.05) is 33.4 Å². The predicted molar refractivity (Wildman–Crippen MR) is 126 cm³/mol. The fraction of sp³-hybridized carbons (Fsp3) is 0.652. The largest absolute Gasteiger partial charge is 0.478 e. The fourth-order valence-electron chi connectivity index (χ4n) is 3.32. The molecule has 0 atom stereocenters. The van der Waals surface area contributed by atoms with Gasteiger partial charge >= 0.3 is 11.7 Å². The van der Waals surface area contributed by atoms with Gasteiger partial charge in [-0.3, -0.25) is 4.57 Å². The molecule has 0 unspecified atom stereocenters. The third kappa shape index (κ3) is 10.6. The molecule has 31 heavy (non-hydrogen) atoms. The van der Waals surface area contributed by atoms with Crippen molar-refractivity contribution in [1.29, 1.82) is 0 Å². The third-order valence-electron chi connectivity index (χ3n) is 5.07. The number of rotatable bonds is 15. The minimum Gasteiger partial charge on any atom is -0.478 e. The Morgan fingerprint density at radius 2 is 1.81 bits per heavy atom. The summed E-state index contributed by atoms with van der Waals surface area (Å²) in [6.45, 7) is 5.93. The highest BCUT2D eigenvalue weighted by molar-refractivity contribution is 5.92. The average molecular weight is 437 g/mol. The molecule has 0 aliphatic rings. The van der Waals surface area contributed by atoms with Gasteiger partial charge in [0.1, 0.15) is 0 Å². The van der Waals surface area contributed by atoms with E-state index in [0.717, 1.165) is 19.7 Å². The van der Waals surface area contributed by atoms with Gasteiger partial charge in [0.15, 0.2) is 0 Å². The molecule has 0 radical (unpaired) electrons. The Hall–Kier alpha value is -2.16. The summed E-state index contributed by atoms with van der Waals surface area (Å²) in [4.78, 5) is 24.9. The summed E-state index contributed by atoms with van der Waals surface area (Å²) in [5.41, 5.74) is 6.44. The molecule has 0 aliphatic carbocycles. The lowest BCUT2D eigenvalue weighted by molar-refractivity contribution is 0.0697. The molecular formula is C23H40N4O4. The van der Waals surface area contributed by atoms with Gasteiger partial charge in [-0.2, -0.15) is 0 Å². The first-order valence-corrected chi connectivity index (χ1v) is 11.4. The first-order valence-electron chi connectivity index (χ1n) is 11.4. The van der Waals surface area contributed by atoms with Crippen LogP contribution >= 0.6 is 0 Å². The average Bonchev–Trinajstić information content (AvgIpc) is 3.07. The van der Waals surface area contributed by atoms with Gasteiger partial charge < -0.3 is 25.9 Å². The summed E-state index contributed by atoms with van der Waals surface area (Å²) in [6.07, 6.45) is 11.2. The summed E-state index contributed by atoms with van der Waals surface area (Å²) < 4.78 is 6.39. The number of methoxy groups -OCH3 is 1. The maximum absolute atomic E-state index is 11.5. The number of hydrogen-bond acceptors (Lipinski definition) is 5. The normalized spacial score (nSPS) is 10.8. The van der Waals surface area contributed by atoms with E-state index in [0.29, 0.717) is 24.1 Å². The molecular weight excluding hydrogens is 396 g/mol. The second-order valence-electron chi connectivity index (χ2n) is 7.63. The Balaban J connectivity index is 0.000000311. The number of imidazole rings is 1. The van der Waals surface area contributed by atoms with Crippen LogP contribution < -0.4 is 16.7 Å². The Labute approximate surface area is 185 Å². The number of unbranched alkanes of at least 4 members (excludes halogenated alkanes) is 7. The molecule has 2 aromatic rings. The van der Waals surface area contributed by atoms with Crippen LogP contribution in [-0.4, -0.2) is 54.0 Å². The summed E-state index contributed by atoms with van der Waals surface area (Å²) in [6, 6.07) is 4.49. The van der Waals surface area contributed by atoms with Crippen LogP contribution in [0.15, 0.2) is 23.0 Å². The number of aromatic nitrogens is 2. The molecule has 0 amide bonds. The minimum absolute atomic E-state index is 0.150. The highest BCUT2D eigenvalue weighted by atomic mass is 16.5. The summed E-state index contributed by atoms with van der Waals surface area (Å²) in [5, 5.41) is 12.2. The summed E-state index contributed by atoms with van der Waals surface area (Å²) in [5.74, 6) is -1.02. The van der Waals surface area contributed by atoms with Crippen LogP contribution in [0.25, 0.3) is 11.0 Å². The SMILES string of the molecule is CCCCCCCCCCNCCOC.NCCn1c(=O)[nH]c2ccc(C(=O)O)cc21. The molecule has 176 valence electrons. The molecule has 2 rings (SSSR count). The monoisotopic (exact) mass is 436 g/mol. The Kier molecular flexibility index (Phi) is 14.3. The van der Waals surface area contributed by atoms with Crippen molar-refractivity contribution in [3.8, 4) is 0 Å². The predicted octanol–water partition coefficient (Wildman–Crippen LogP) is 3.35. The molecule has 0 spiro atoms. The van der Waals surface area contributed by atoms with Crippen molar-refractivity contribution in [3.05, 3.63) is 34.2 Å². The Bertz CT molecular complexity index is 788. The van der Waals surface area contributed by atoms with Crippen LogP contribution in [0.2, 0.25) is 0 Å². The maximum Gasteiger partial charge on any atom is 0.335 e. The standard InChI is InChI=1S/C13H29NO.C10H11N3O3/c1-3-4-5-6-7-8-9-10-11-14-12-13-15-2;11-3-4-13-8-5-6(9(14)15)1-2-7(8)12-10(13)16/h14H,3-13H2,1-2H3;1-2,5H,3-4,11H2,(H,12,16)(H,14,15). The molecule has 1 aromatic heterocycles. The molecule has 8 heteroatoms. The number of fused-ring (bicyclic) bond motifs is 1. The van der Waals surface area contributed by atoms with E-state index in [1.165, 1.54) is 68.1 Å². The lowest BCUT2D eigenvalue weighted by atomic mass is 10.1. The number of carbonyl (C=O) groups is 1. The van der Waals surface area contributed by atoms with Crippen molar-refractivity contribution < 1.29 is 14.6 Å². The van der Waals surface area contributed by atoms with Crippen LogP contribution in [0.5, 0.6) is 0 Å². The first-order chi connectivity index (χ1) is 15.0. The third-order valence-corrected chi connectivity index (χ3v) is 5.07. The lowest BCUT2D eigenvalue weighted by Gasteiger charge is -2.04. The Morgan fingerprint density at radius 1 is 1.13 bits per heavy atom. The van der Waals surface area contributed by atoms with Gasteiger partial charge in [-0.15, -0.1) is 0 Å². The van der Waals surface area contributed by atoms with Crippen LogP contribution in [-0.2, 0) is 11.3 Å². The van der Waals surface area contributed by atoms with Crippen molar-refractivity contribution >= 4 is 17.0 Å². The number of aromatic amines is 1. The molecule has 8 nitrogen and oxygen atoms in total. The van der Waals surface area contributed by atoms with E-state index in [4.69, 9.17) is 15.6 Å². The van der Waals surface area contributed by atoms with Gasteiger partial charge in [-0.05, 0) is 31.2 Å². The minimum atomic E-state index is -1.02. The zero-order valence-electron chi connectivity index (χ0n) is 19.1. The highest BCUT2D eigenvalue weighted by Gasteiger charge is 2.09. The van der Waals surface area contributed by atoms with Crippen molar-refractivity contribution in [2.24, 2.45) is 5.73 Å². The second kappa shape index (κ2) is 16.5.